The van der Waals surface area contributed by atoms with Gasteiger partial charge in [0.05, 0.1) is 34.4 Å². The fourth-order valence-corrected chi connectivity index (χ4v) is 7.22. The molecule has 0 aliphatic heterocycles. The Morgan fingerprint density at radius 3 is 1.31 bits per heavy atom. The Morgan fingerprint density at radius 1 is 0.477 bits per heavy atom. The van der Waals surface area contributed by atoms with E-state index in [4.69, 9.17) is 18.9 Å². The van der Waals surface area contributed by atoms with Crippen LogP contribution in [0.1, 0.15) is 219 Å². The van der Waals surface area contributed by atoms with Gasteiger partial charge in [0.15, 0.2) is 6.10 Å². The van der Waals surface area contributed by atoms with E-state index in [0.29, 0.717) is 17.4 Å². The summed E-state index contributed by atoms with van der Waals surface area (Å²) in [4.78, 5) is 36.8. The summed E-state index contributed by atoms with van der Waals surface area (Å²) in [6.07, 6.45) is 56.5. The van der Waals surface area contributed by atoms with Crippen LogP contribution >= 0.6 is 0 Å². The van der Waals surface area contributed by atoms with E-state index in [1.54, 1.807) is 0 Å². The molecule has 0 heterocycles. The number of unbranched alkanes of at least 4 members (excludes halogenated alkanes) is 23. The van der Waals surface area contributed by atoms with Crippen LogP contribution in [0.5, 0.6) is 0 Å². The Labute approximate surface area is 399 Å². The van der Waals surface area contributed by atoms with Crippen molar-refractivity contribution in [3.63, 3.8) is 0 Å². The van der Waals surface area contributed by atoms with E-state index in [1.165, 1.54) is 109 Å². The minimum absolute atomic E-state index is 0.181. The second-order valence-electron chi connectivity index (χ2n) is 18.8. The number of carbonyl (C=O) groups excluding carboxylic acids is 2. The molecule has 0 amide bonds. The molecule has 0 saturated heterocycles. The molecular formula is C56H100NO8+. The number of ether oxygens (including phenoxy) is 4. The Kier molecular flexibility index (Phi) is 45.3. The summed E-state index contributed by atoms with van der Waals surface area (Å²) in [7, 11) is 5.95. The number of carboxylic acids is 1. The normalized spacial score (nSPS) is 13.3. The van der Waals surface area contributed by atoms with Crippen molar-refractivity contribution in [2.75, 3.05) is 47.5 Å². The highest BCUT2D eigenvalue weighted by atomic mass is 16.7. The summed E-state index contributed by atoms with van der Waals surface area (Å²) in [5, 5.41) is 9.60. The first-order valence-electron chi connectivity index (χ1n) is 26.5. The largest absolute Gasteiger partial charge is 0.477 e. The van der Waals surface area contributed by atoms with Crippen LogP contribution < -0.4 is 0 Å². The Morgan fingerprint density at radius 2 is 0.877 bits per heavy atom. The molecule has 2 atom stereocenters. The number of hydrogen-bond acceptors (Lipinski definition) is 7. The van der Waals surface area contributed by atoms with E-state index >= 15 is 0 Å². The maximum atomic E-state index is 12.7. The van der Waals surface area contributed by atoms with Crippen LogP contribution in [0.4, 0.5) is 0 Å². The lowest BCUT2D eigenvalue weighted by atomic mass is 10.0. The van der Waals surface area contributed by atoms with Crippen molar-refractivity contribution in [3.05, 3.63) is 60.8 Å². The molecule has 2 unspecified atom stereocenters. The van der Waals surface area contributed by atoms with Crippen molar-refractivity contribution < 1.29 is 42.9 Å². The predicted octanol–water partition coefficient (Wildman–Crippen LogP) is 14.9. The van der Waals surface area contributed by atoms with Gasteiger partial charge in [-0.05, 0) is 57.8 Å². The average molecular weight is 915 g/mol. The van der Waals surface area contributed by atoms with Gasteiger partial charge in [-0.25, -0.2) is 4.79 Å². The predicted molar refractivity (Wildman–Crippen MR) is 272 cm³/mol. The van der Waals surface area contributed by atoms with Gasteiger partial charge in [-0.3, -0.25) is 9.59 Å². The molecule has 0 aromatic rings. The zero-order chi connectivity index (χ0) is 47.7. The SMILES string of the molecule is CC/C=C\C/C=C\C/C=C\C/C=C\C/C=C\CCCCCCCCCCCCCCCCCCCCCC(=O)OC(COC(=O)CCCCCCC)COC(OCC[N+](C)(C)C)C(=O)O. The fraction of sp³-hybridized carbons (Fsp3) is 0.768. The molecule has 0 aromatic heterocycles. The first-order chi connectivity index (χ1) is 31.6. The van der Waals surface area contributed by atoms with Gasteiger partial charge in [0.1, 0.15) is 13.2 Å². The average Bonchev–Trinajstić information content (AvgIpc) is 3.27. The highest BCUT2D eigenvalue weighted by molar-refractivity contribution is 5.71. The molecule has 0 radical (unpaired) electrons. The minimum atomic E-state index is -1.50. The van der Waals surface area contributed by atoms with Gasteiger partial charge in [-0.1, -0.05) is 209 Å². The standard InChI is InChI=1S/C56H99NO8/c1-6-8-10-12-13-14-15-16-17-18-19-20-21-22-23-24-25-26-27-28-29-30-31-32-33-34-35-36-37-38-39-40-41-43-45-47-54(59)65-52(50-63-53(58)46-44-42-11-9-7-2)51-64-56(55(60)61)62-49-48-57(3,4)5/h8,10,13-14,16-17,19-20,22-23,52,56H,6-7,9,11-12,15,18,21,24-51H2,1-5H3/p+1/b10-8-,14-13-,17-16-,20-19-,23-22-. The van der Waals surface area contributed by atoms with Gasteiger partial charge >= 0.3 is 17.9 Å². The maximum absolute atomic E-state index is 12.7. The molecule has 0 aliphatic rings. The topological polar surface area (TPSA) is 108 Å². The number of carbonyl (C=O) groups is 3. The Hall–Kier alpha value is -3.01. The molecule has 9 heteroatoms. The van der Waals surface area contributed by atoms with Crippen molar-refractivity contribution in [2.45, 2.75) is 232 Å². The second-order valence-corrected chi connectivity index (χ2v) is 18.8. The fourth-order valence-electron chi connectivity index (χ4n) is 7.22. The van der Waals surface area contributed by atoms with Gasteiger partial charge in [-0.15, -0.1) is 0 Å². The van der Waals surface area contributed by atoms with E-state index in [2.05, 4.69) is 74.6 Å². The molecule has 0 rings (SSSR count). The summed E-state index contributed by atoms with van der Waals surface area (Å²) in [5.41, 5.74) is 0. The molecule has 9 nitrogen and oxygen atoms in total. The van der Waals surface area contributed by atoms with E-state index in [-0.39, 0.29) is 32.2 Å². The third-order valence-electron chi connectivity index (χ3n) is 11.3. The van der Waals surface area contributed by atoms with Crippen LogP contribution in [0, 0.1) is 0 Å². The summed E-state index contributed by atoms with van der Waals surface area (Å²) < 4.78 is 22.6. The van der Waals surface area contributed by atoms with E-state index in [1.807, 2.05) is 21.1 Å². The van der Waals surface area contributed by atoms with Gasteiger partial charge in [0.2, 0.25) is 0 Å². The highest BCUT2D eigenvalue weighted by Crippen LogP contribution is 2.16. The number of aliphatic carboxylic acids is 1. The molecule has 0 bridgehead atoms. The summed E-state index contributed by atoms with van der Waals surface area (Å²) >= 11 is 0. The highest BCUT2D eigenvalue weighted by Gasteiger charge is 2.25. The zero-order valence-corrected chi connectivity index (χ0v) is 42.6. The lowest BCUT2D eigenvalue weighted by molar-refractivity contribution is -0.870. The van der Waals surface area contributed by atoms with Gasteiger partial charge in [-0.2, -0.15) is 0 Å². The number of quaternary nitrogens is 1. The van der Waals surface area contributed by atoms with E-state index in [9.17, 15) is 19.5 Å². The van der Waals surface area contributed by atoms with Gasteiger partial charge in [0.25, 0.3) is 6.29 Å². The Bertz CT molecular complexity index is 1250. The lowest BCUT2D eigenvalue weighted by Crippen LogP contribution is -2.40. The first kappa shape index (κ1) is 62.0. The van der Waals surface area contributed by atoms with Crippen LogP contribution in [0.25, 0.3) is 0 Å². The van der Waals surface area contributed by atoms with Crippen molar-refractivity contribution in [1.29, 1.82) is 0 Å². The smallest absolute Gasteiger partial charge is 0.361 e. The van der Waals surface area contributed by atoms with E-state index in [0.717, 1.165) is 83.5 Å². The van der Waals surface area contributed by atoms with Gasteiger partial charge < -0.3 is 28.5 Å². The Balaban J connectivity index is 3.89. The second kappa shape index (κ2) is 47.5. The third kappa shape index (κ3) is 48.7. The zero-order valence-electron chi connectivity index (χ0n) is 42.6. The third-order valence-corrected chi connectivity index (χ3v) is 11.3. The molecule has 0 aromatic carbocycles. The maximum Gasteiger partial charge on any atom is 0.361 e. The van der Waals surface area contributed by atoms with Crippen LogP contribution in [-0.4, -0.2) is 87.4 Å². The molecule has 0 saturated carbocycles. The number of hydrogen-bond donors (Lipinski definition) is 1. The number of rotatable bonds is 48. The van der Waals surface area contributed by atoms with Crippen LogP contribution in [0.15, 0.2) is 60.8 Å². The monoisotopic (exact) mass is 915 g/mol. The summed E-state index contributed by atoms with van der Waals surface area (Å²) in [6, 6.07) is 0. The van der Waals surface area contributed by atoms with Crippen LogP contribution in [0.3, 0.4) is 0 Å². The molecule has 0 fully saturated rings. The first-order valence-corrected chi connectivity index (χ1v) is 26.5. The van der Waals surface area contributed by atoms with Crippen LogP contribution in [-0.2, 0) is 33.3 Å². The lowest BCUT2D eigenvalue weighted by Gasteiger charge is -2.25. The van der Waals surface area contributed by atoms with Crippen molar-refractivity contribution in [1.82, 2.24) is 0 Å². The molecule has 0 aliphatic carbocycles. The quantitative estimate of drug-likeness (QED) is 0.0211. The number of nitrogens with zero attached hydrogens (tertiary/aromatic N) is 1. The van der Waals surface area contributed by atoms with Crippen molar-refractivity contribution in [2.24, 2.45) is 0 Å². The molecule has 376 valence electrons. The van der Waals surface area contributed by atoms with Gasteiger partial charge in [0, 0.05) is 12.8 Å². The molecule has 1 N–H and O–H groups in total. The van der Waals surface area contributed by atoms with Crippen molar-refractivity contribution in [3.8, 4) is 0 Å². The number of esters is 2. The van der Waals surface area contributed by atoms with E-state index < -0.39 is 24.3 Å². The molecular weight excluding hydrogens is 815 g/mol. The summed E-state index contributed by atoms with van der Waals surface area (Å²) in [6.45, 7) is 4.67. The number of carboxylic acid groups (broad SMARTS) is 1. The van der Waals surface area contributed by atoms with Crippen LogP contribution in [0.2, 0.25) is 0 Å². The molecule has 65 heavy (non-hydrogen) atoms. The minimum Gasteiger partial charge on any atom is -0.477 e. The molecule has 0 spiro atoms. The summed E-state index contributed by atoms with van der Waals surface area (Å²) in [5.74, 6) is -2.02. The number of allylic oxidation sites excluding steroid dienone is 10. The number of likely N-dealkylation sites (N-methyl/N-ethyl adjacent to an activating group) is 1. The van der Waals surface area contributed by atoms with Crippen molar-refractivity contribution >= 4 is 17.9 Å².